The number of aryl methyl sites for hydroxylation is 1. The van der Waals surface area contributed by atoms with Crippen molar-refractivity contribution in [3.05, 3.63) is 234 Å². The fourth-order valence-corrected chi connectivity index (χ4v) is 11.3. The summed E-state index contributed by atoms with van der Waals surface area (Å²) < 4.78 is 6.63. The van der Waals surface area contributed by atoms with Gasteiger partial charge in [-0.05, 0) is 140 Å². The van der Waals surface area contributed by atoms with E-state index in [0.29, 0.717) is 0 Å². The van der Waals surface area contributed by atoms with Crippen LogP contribution in [0, 0.1) is 0 Å². The van der Waals surface area contributed by atoms with E-state index in [1.807, 2.05) is 0 Å². The third-order valence-corrected chi connectivity index (χ3v) is 13.9. The molecule has 10 aromatic rings. The molecule has 1 aromatic heterocycles. The molecule has 0 amide bonds. The first kappa shape index (κ1) is 34.4. The fraction of sp³-hybridized carbons (Fsp3) is 0.0847. The van der Waals surface area contributed by atoms with Gasteiger partial charge in [-0.15, -0.1) is 0 Å². The van der Waals surface area contributed by atoms with Gasteiger partial charge in [0.25, 0.3) is 0 Å². The van der Waals surface area contributed by atoms with Crippen molar-refractivity contribution in [1.29, 1.82) is 0 Å². The van der Waals surface area contributed by atoms with Gasteiger partial charge in [-0.1, -0.05) is 152 Å². The quantitative estimate of drug-likeness (QED) is 0.173. The number of anilines is 3. The second kappa shape index (κ2) is 13.3. The lowest BCUT2D eigenvalue weighted by atomic mass is 9.70. The maximum Gasteiger partial charge on any atom is 0.137 e. The van der Waals surface area contributed by atoms with Crippen LogP contribution in [0.1, 0.15) is 46.2 Å². The summed E-state index contributed by atoms with van der Waals surface area (Å²) in [6.07, 6.45) is 4.65. The van der Waals surface area contributed by atoms with Crippen LogP contribution in [-0.2, 0) is 18.3 Å². The molecule has 3 aliphatic carbocycles. The van der Waals surface area contributed by atoms with Crippen LogP contribution in [0.25, 0.3) is 66.4 Å². The second-order valence-corrected chi connectivity index (χ2v) is 17.0. The summed E-state index contributed by atoms with van der Waals surface area (Å²) in [7, 11) is 0. The molecule has 61 heavy (non-hydrogen) atoms. The van der Waals surface area contributed by atoms with Gasteiger partial charge in [0, 0.05) is 33.8 Å². The van der Waals surface area contributed by atoms with E-state index in [1.54, 1.807) is 0 Å². The molecule has 1 heterocycles. The average molecular weight is 780 g/mol. The van der Waals surface area contributed by atoms with Crippen molar-refractivity contribution in [1.82, 2.24) is 0 Å². The number of nitrogens with zero attached hydrogens (tertiary/aromatic N) is 1. The first-order valence-electron chi connectivity index (χ1n) is 21.7. The highest BCUT2D eigenvalue weighted by Gasteiger charge is 2.52. The van der Waals surface area contributed by atoms with Crippen molar-refractivity contribution in [2.24, 2.45) is 0 Å². The Labute approximate surface area is 356 Å². The zero-order valence-corrected chi connectivity index (χ0v) is 33.7. The van der Waals surface area contributed by atoms with E-state index in [-0.39, 0.29) is 0 Å². The number of hydrogen-bond donors (Lipinski definition) is 0. The summed E-state index contributed by atoms with van der Waals surface area (Å²) in [5.41, 5.74) is 23.2. The predicted molar refractivity (Wildman–Crippen MR) is 252 cm³/mol. The molecule has 2 heteroatoms. The summed E-state index contributed by atoms with van der Waals surface area (Å²) >= 11 is 0. The Morgan fingerprint density at radius 3 is 1.72 bits per heavy atom. The van der Waals surface area contributed by atoms with Gasteiger partial charge in [0.1, 0.15) is 11.2 Å². The minimum Gasteiger partial charge on any atom is -0.456 e. The zero-order chi connectivity index (χ0) is 40.1. The normalized spacial score (nSPS) is 14.1. The van der Waals surface area contributed by atoms with Crippen LogP contribution < -0.4 is 4.90 Å². The van der Waals surface area contributed by atoms with Gasteiger partial charge < -0.3 is 9.32 Å². The largest absolute Gasteiger partial charge is 0.456 e. The molecule has 0 aliphatic heterocycles. The van der Waals surface area contributed by atoms with Crippen molar-refractivity contribution >= 4 is 39.0 Å². The lowest BCUT2D eigenvalue weighted by Crippen LogP contribution is -2.26. The van der Waals surface area contributed by atoms with Gasteiger partial charge >= 0.3 is 0 Å². The Morgan fingerprint density at radius 2 is 0.967 bits per heavy atom. The van der Waals surface area contributed by atoms with E-state index in [0.717, 1.165) is 51.8 Å². The highest BCUT2D eigenvalue weighted by molar-refractivity contribution is 6.07. The van der Waals surface area contributed by atoms with Gasteiger partial charge in [-0.2, -0.15) is 0 Å². The van der Waals surface area contributed by atoms with Gasteiger partial charge in [0.05, 0.1) is 11.1 Å². The minimum atomic E-state index is -0.478. The van der Waals surface area contributed by atoms with Crippen molar-refractivity contribution < 1.29 is 4.42 Å². The van der Waals surface area contributed by atoms with Gasteiger partial charge in [0.2, 0.25) is 0 Å². The van der Waals surface area contributed by atoms with E-state index in [1.165, 1.54) is 90.7 Å². The zero-order valence-electron chi connectivity index (χ0n) is 33.7. The van der Waals surface area contributed by atoms with Gasteiger partial charge in [-0.25, -0.2) is 0 Å². The Hall–Kier alpha value is -7.42. The van der Waals surface area contributed by atoms with Crippen LogP contribution in [0.5, 0.6) is 0 Å². The highest BCUT2D eigenvalue weighted by atomic mass is 16.3. The molecule has 0 radical (unpaired) electrons. The molecular weight excluding hydrogens is 739 g/mol. The first-order valence-corrected chi connectivity index (χ1v) is 21.7. The number of para-hydroxylation sites is 1. The van der Waals surface area contributed by atoms with Gasteiger partial charge in [-0.3, -0.25) is 0 Å². The third-order valence-electron chi connectivity index (χ3n) is 13.9. The molecule has 13 rings (SSSR count). The SMILES string of the molecule is c1ccc(-c2ccc(N(c3ccc4c(c3)oc3ccccc34)c3cc4c(cc3-c3cccc5c3CCCC5)-c3ccccc3C43c4ccccc4-c4ccccc43)cc2)cc1. The summed E-state index contributed by atoms with van der Waals surface area (Å²) in [4.78, 5) is 2.50. The summed E-state index contributed by atoms with van der Waals surface area (Å²) in [6, 6.07) is 74.5. The lowest BCUT2D eigenvalue weighted by molar-refractivity contribution is 0.669. The summed E-state index contributed by atoms with van der Waals surface area (Å²) in [5.74, 6) is 0. The average Bonchev–Trinajstić information content (AvgIpc) is 3.95. The molecule has 0 saturated heterocycles. The van der Waals surface area contributed by atoms with Crippen molar-refractivity contribution in [3.63, 3.8) is 0 Å². The molecule has 9 aromatic carbocycles. The van der Waals surface area contributed by atoms with Crippen LogP contribution in [0.15, 0.2) is 205 Å². The smallest absolute Gasteiger partial charge is 0.137 e. The standard InChI is InChI=1S/C59H41NO/c1-2-15-38(16-3-1)39-29-31-41(32-30-39)60(42-33-34-49-48-23-9-13-28-57(48)61-58(49)35-42)56-37-55-50(36-51(56)44-24-14-18-40-17-4-5-19-43(40)44)47-22-8-12-27-54(47)59(55)52-25-10-6-20-45(52)46-21-7-11-26-53(46)59/h1-3,6-16,18,20-37H,4-5,17,19H2. The van der Waals surface area contributed by atoms with Crippen LogP contribution in [0.4, 0.5) is 17.1 Å². The summed E-state index contributed by atoms with van der Waals surface area (Å²) in [5, 5.41) is 2.26. The molecule has 0 N–H and O–H groups in total. The van der Waals surface area contributed by atoms with E-state index >= 15 is 0 Å². The van der Waals surface area contributed by atoms with E-state index in [9.17, 15) is 0 Å². The molecule has 2 nitrogen and oxygen atoms in total. The Bertz CT molecular complexity index is 3330. The van der Waals surface area contributed by atoms with E-state index in [2.05, 4.69) is 205 Å². The number of fused-ring (bicyclic) bond motifs is 14. The highest BCUT2D eigenvalue weighted by Crippen LogP contribution is 2.64. The number of furan rings is 1. The van der Waals surface area contributed by atoms with Crippen molar-refractivity contribution in [2.75, 3.05) is 4.90 Å². The Morgan fingerprint density at radius 1 is 0.377 bits per heavy atom. The van der Waals surface area contributed by atoms with E-state index in [4.69, 9.17) is 4.42 Å². The maximum atomic E-state index is 6.63. The second-order valence-electron chi connectivity index (χ2n) is 17.0. The minimum absolute atomic E-state index is 0.478. The molecule has 0 atom stereocenters. The molecule has 1 spiro atoms. The molecule has 0 bridgehead atoms. The van der Waals surface area contributed by atoms with Crippen LogP contribution >= 0.6 is 0 Å². The lowest BCUT2D eigenvalue weighted by Gasteiger charge is -2.34. The van der Waals surface area contributed by atoms with Crippen LogP contribution in [0.2, 0.25) is 0 Å². The molecular formula is C59H41NO. The molecule has 3 aliphatic rings. The molecule has 0 saturated carbocycles. The molecule has 288 valence electrons. The third kappa shape index (κ3) is 4.97. The topological polar surface area (TPSA) is 16.4 Å². The van der Waals surface area contributed by atoms with Crippen LogP contribution in [-0.4, -0.2) is 0 Å². The number of benzene rings is 9. The Balaban J connectivity index is 1.14. The fourth-order valence-electron chi connectivity index (χ4n) is 11.3. The number of hydrogen-bond acceptors (Lipinski definition) is 2. The van der Waals surface area contributed by atoms with Crippen molar-refractivity contribution in [2.45, 2.75) is 31.1 Å². The van der Waals surface area contributed by atoms with E-state index < -0.39 is 5.41 Å². The monoisotopic (exact) mass is 779 g/mol. The molecule has 0 unspecified atom stereocenters. The Kier molecular flexibility index (Phi) is 7.51. The molecule has 0 fully saturated rings. The van der Waals surface area contributed by atoms with Crippen molar-refractivity contribution in [3.8, 4) is 44.5 Å². The maximum absolute atomic E-state index is 6.63. The number of rotatable bonds is 5. The first-order chi connectivity index (χ1) is 30.3. The summed E-state index contributed by atoms with van der Waals surface area (Å²) in [6.45, 7) is 0. The van der Waals surface area contributed by atoms with Gasteiger partial charge in [0.15, 0.2) is 0 Å². The predicted octanol–water partition coefficient (Wildman–Crippen LogP) is 15.6. The van der Waals surface area contributed by atoms with Crippen LogP contribution in [0.3, 0.4) is 0 Å².